The molecule has 5 nitrogen and oxygen atoms in total. The number of hydrogen-bond donors (Lipinski definition) is 2. The number of aromatic nitrogens is 2. The number of anilines is 1. The summed E-state index contributed by atoms with van der Waals surface area (Å²) in [5.74, 6) is -1.82. The van der Waals surface area contributed by atoms with Gasteiger partial charge in [-0.2, -0.15) is 5.10 Å². The highest BCUT2D eigenvalue weighted by Crippen LogP contribution is 2.20. The number of nitrogens with two attached hydrogens (primary N) is 1. The minimum atomic E-state index is -1.20. The van der Waals surface area contributed by atoms with E-state index in [-0.39, 0.29) is 16.9 Å². The van der Waals surface area contributed by atoms with Crippen LogP contribution in [0, 0.1) is 5.82 Å². The summed E-state index contributed by atoms with van der Waals surface area (Å²) in [6.07, 6.45) is 2.98. The second-order valence-electron chi connectivity index (χ2n) is 3.15. The van der Waals surface area contributed by atoms with Crippen molar-refractivity contribution in [3.05, 3.63) is 42.0 Å². The minimum absolute atomic E-state index is 0.0524. The van der Waals surface area contributed by atoms with Crippen molar-refractivity contribution >= 4 is 11.7 Å². The number of aromatic carboxylic acids is 1. The topological polar surface area (TPSA) is 81.1 Å². The molecule has 2 aromatic rings. The van der Waals surface area contributed by atoms with Crippen molar-refractivity contribution in [1.82, 2.24) is 9.78 Å². The zero-order valence-electron chi connectivity index (χ0n) is 8.09. The van der Waals surface area contributed by atoms with Crippen LogP contribution in [0.5, 0.6) is 0 Å². The maximum Gasteiger partial charge on any atom is 0.337 e. The van der Waals surface area contributed by atoms with Crippen molar-refractivity contribution in [3.8, 4) is 5.69 Å². The van der Waals surface area contributed by atoms with E-state index in [9.17, 15) is 9.18 Å². The van der Waals surface area contributed by atoms with Crippen molar-refractivity contribution in [2.24, 2.45) is 0 Å². The van der Waals surface area contributed by atoms with Gasteiger partial charge in [0.25, 0.3) is 0 Å². The van der Waals surface area contributed by atoms with E-state index in [1.807, 2.05) is 0 Å². The van der Waals surface area contributed by atoms with Crippen LogP contribution in [0.4, 0.5) is 10.1 Å². The summed E-state index contributed by atoms with van der Waals surface area (Å²) in [6.45, 7) is 0. The first-order chi connectivity index (χ1) is 7.59. The first-order valence-corrected chi connectivity index (χ1v) is 4.42. The Morgan fingerprint density at radius 1 is 1.50 bits per heavy atom. The molecule has 0 atom stereocenters. The summed E-state index contributed by atoms with van der Waals surface area (Å²) in [4.78, 5) is 10.8. The molecule has 0 spiro atoms. The fraction of sp³-hybridized carbons (Fsp3) is 0. The van der Waals surface area contributed by atoms with Gasteiger partial charge >= 0.3 is 5.97 Å². The van der Waals surface area contributed by atoms with E-state index in [1.54, 1.807) is 6.07 Å². The normalized spacial score (nSPS) is 10.3. The summed E-state index contributed by atoms with van der Waals surface area (Å²) >= 11 is 0. The zero-order valence-corrected chi connectivity index (χ0v) is 8.09. The number of carbonyl (C=O) groups is 1. The van der Waals surface area contributed by atoms with E-state index >= 15 is 0 Å². The van der Waals surface area contributed by atoms with E-state index in [1.165, 1.54) is 17.1 Å². The summed E-state index contributed by atoms with van der Waals surface area (Å²) in [5, 5.41) is 12.7. The Labute approximate surface area is 89.9 Å². The molecule has 0 fully saturated rings. The number of nitrogen functional groups attached to an aromatic ring is 1. The quantitative estimate of drug-likeness (QED) is 0.749. The van der Waals surface area contributed by atoms with Gasteiger partial charge in [0.15, 0.2) is 5.82 Å². The van der Waals surface area contributed by atoms with Crippen molar-refractivity contribution in [1.29, 1.82) is 0 Å². The van der Waals surface area contributed by atoms with Crippen LogP contribution in [0.3, 0.4) is 0 Å². The number of carboxylic acid groups (broad SMARTS) is 1. The molecule has 6 heteroatoms. The highest BCUT2D eigenvalue weighted by atomic mass is 19.1. The molecule has 82 valence electrons. The average molecular weight is 221 g/mol. The first-order valence-electron chi connectivity index (χ1n) is 4.42. The lowest BCUT2D eigenvalue weighted by Crippen LogP contribution is -2.07. The molecule has 0 radical (unpaired) electrons. The molecule has 0 saturated carbocycles. The fourth-order valence-electron chi connectivity index (χ4n) is 1.35. The molecule has 0 bridgehead atoms. The summed E-state index contributed by atoms with van der Waals surface area (Å²) in [5.41, 5.74) is 5.19. The second kappa shape index (κ2) is 3.65. The Bertz CT molecular complexity index is 537. The van der Waals surface area contributed by atoms with E-state index in [2.05, 4.69) is 5.10 Å². The molecule has 16 heavy (non-hydrogen) atoms. The van der Waals surface area contributed by atoms with Crippen molar-refractivity contribution in [2.45, 2.75) is 0 Å². The number of rotatable bonds is 2. The zero-order chi connectivity index (χ0) is 11.7. The predicted octanol–water partition coefficient (Wildman–Crippen LogP) is 1.29. The number of nitrogens with zero attached hydrogens (tertiary/aromatic N) is 2. The molecule has 1 aromatic carbocycles. The Kier molecular flexibility index (Phi) is 2.32. The molecule has 0 aliphatic rings. The lowest BCUT2D eigenvalue weighted by Gasteiger charge is -2.07. The third kappa shape index (κ3) is 1.60. The van der Waals surface area contributed by atoms with E-state index < -0.39 is 11.8 Å². The highest BCUT2D eigenvalue weighted by molar-refractivity contribution is 5.94. The van der Waals surface area contributed by atoms with Crippen molar-refractivity contribution < 1.29 is 14.3 Å². The highest BCUT2D eigenvalue weighted by Gasteiger charge is 2.14. The van der Waals surface area contributed by atoms with Gasteiger partial charge in [-0.25, -0.2) is 13.9 Å². The maximum absolute atomic E-state index is 13.5. The molecule has 0 amide bonds. The standard InChI is InChI=1S/C10H8FN3O2/c11-7-5-8(12)6(10(15)16)4-9(7)14-3-1-2-13-14/h1-5H,12H2,(H,15,16). The van der Waals surface area contributed by atoms with Crippen LogP contribution in [0.1, 0.15) is 10.4 Å². The molecule has 0 saturated heterocycles. The largest absolute Gasteiger partial charge is 0.478 e. The third-order valence-corrected chi connectivity index (χ3v) is 2.10. The van der Waals surface area contributed by atoms with Gasteiger partial charge in [-0.05, 0) is 18.2 Å². The molecular weight excluding hydrogens is 213 g/mol. The smallest absolute Gasteiger partial charge is 0.337 e. The summed E-state index contributed by atoms with van der Waals surface area (Å²) in [6, 6.07) is 3.73. The Morgan fingerprint density at radius 2 is 2.25 bits per heavy atom. The van der Waals surface area contributed by atoms with Gasteiger partial charge < -0.3 is 10.8 Å². The van der Waals surface area contributed by atoms with Crippen LogP contribution < -0.4 is 5.73 Å². The molecule has 0 unspecified atom stereocenters. The van der Waals surface area contributed by atoms with Gasteiger partial charge in [0.1, 0.15) is 5.69 Å². The van der Waals surface area contributed by atoms with Gasteiger partial charge in [-0.3, -0.25) is 0 Å². The van der Waals surface area contributed by atoms with Crippen molar-refractivity contribution in [3.63, 3.8) is 0 Å². The Morgan fingerprint density at radius 3 is 2.81 bits per heavy atom. The number of carboxylic acids is 1. The van der Waals surface area contributed by atoms with E-state index in [4.69, 9.17) is 10.8 Å². The fourth-order valence-corrected chi connectivity index (χ4v) is 1.35. The minimum Gasteiger partial charge on any atom is -0.478 e. The molecule has 0 aliphatic carbocycles. The predicted molar refractivity (Wildman–Crippen MR) is 54.9 cm³/mol. The third-order valence-electron chi connectivity index (χ3n) is 2.10. The molecule has 2 rings (SSSR count). The molecule has 1 heterocycles. The van der Waals surface area contributed by atoms with E-state index in [0.717, 1.165) is 12.1 Å². The lowest BCUT2D eigenvalue weighted by molar-refractivity contribution is 0.0698. The number of halogens is 1. The first kappa shape index (κ1) is 10.2. The van der Waals surface area contributed by atoms with Crippen LogP contribution in [-0.4, -0.2) is 20.9 Å². The Hall–Kier alpha value is -2.37. The molecule has 1 aromatic heterocycles. The average Bonchev–Trinajstić information content (AvgIpc) is 2.70. The maximum atomic E-state index is 13.5. The van der Waals surface area contributed by atoms with Crippen LogP contribution in [0.2, 0.25) is 0 Å². The van der Waals surface area contributed by atoms with Gasteiger partial charge in [-0.1, -0.05) is 0 Å². The SMILES string of the molecule is Nc1cc(F)c(-n2cccn2)cc1C(=O)O. The van der Waals surface area contributed by atoms with Gasteiger partial charge in [-0.15, -0.1) is 0 Å². The summed E-state index contributed by atoms with van der Waals surface area (Å²) in [7, 11) is 0. The van der Waals surface area contributed by atoms with E-state index in [0.29, 0.717) is 0 Å². The molecule has 3 N–H and O–H groups in total. The van der Waals surface area contributed by atoms with Crippen LogP contribution >= 0.6 is 0 Å². The Balaban J connectivity index is 2.63. The second-order valence-corrected chi connectivity index (χ2v) is 3.15. The van der Waals surface area contributed by atoms with Gasteiger partial charge in [0.05, 0.1) is 5.56 Å². The summed E-state index contributed by atoms with van der Waals surface area (Å²) < 4.78 is 14.8. The number of benzene rings is 1. The van der Waals surface area contributed by atoms with Gasteiger partial charge in [0, 0.05) is 18.1 Å². The van der Waals surface area contributed by atoms with Crippen LogP contribution in [0.25, 0.3) is 5.69 Å². The molecular formula is C10H8FN3O2. The van der Waals surface area contributed by atoms with Gasteiger partial charge in [0.2, 0.25) is 0 Å². The van der Waals surface area contributed by atoms with Crippen LogP contribution in [-0.2, 0) is 0 Å². The molecule has 0 aliphatic heterocycles. The lowest BCUT2D eigenvalue weighted by atomic mass is 10.1. The van der Waals surface area contributed by atoms with Crippen LogP contribution in [0.15, 0.2) is 30.6 Å². The monoisotopic (exact) mass is 221 g/mol. The van der Waals surface area contributed by atoms with Crippen molar-refractivity contribution in [2.75, 3.05) is 5.73 Å². The number of hydrogen-bond acceptors (Lipinski definition) is 3.